The van der Waals surface area contributed by atoms with Gasteiger partial charge in [-0.15, -0.1) is 0 Å². The maximum Gasteiger partial charge on any atom is 0.338 e. The maximum absolute atomic E-state index is 12.2. The predicted octanol–water partition coefficient (Wildman–Crippen LogP) is 3.84. The molecule has 0 saturated carbocycles. The van der Waals surface area contributed by atoms with Crippen molar-refractivity contribution in [1.29, 1.82) is 0 Å². The van der Waals surface area contributed by atoms with Gasteiger partial charge in [0, 0.05) is 10.7 Å². The second-order valence-electron chi connectivity index (χ2n) is 5.18. The Labute approximate surface area is 145 Å². The van der Waals surface area contributed by atoms with Gasteiger partial charge in [0.1, 0.15) is 5.75 Å². The lowest BCUT2D eigenvalue weighted by Crippen LogP contribution is -2.30. The summed E-state index contributed by atoms with van der Waals surface area (Å²) in [5.74, 6) is -0.376. The molecule has 126 valence electrons. The second-order valence-corrected chi connectivity index (χ2v) is 5.58. The fourth-order valence-electron chi connectivity index (χ4n) is 1.99. The average molecular weight is 348 g/mol. The Balaban J connectivity index is 2.00. The Morgan fingerprint density at radius 1 is 1.12 bits per heavy atom. The van der Waals surface area contributed by atoms with Crippen LogP contribution in [0.25, 0.3) is 0 Å². The molecule has 0 saturated heterocycles. The van der Waals surface area contributed by atoms with Crippen LogP contribution in [0.5, 0.6) is 5.75 Å². The molecule has 0 aliphatic carbocycles. The molecule has 0 aliphatic heterocycles. The number of anilines is 1. The predicted molar refractivity (Wildman–Crippen MR) is 92.7 cm³/mol. The topological polar surface area (TPSA) is 64.6 Å². The summed E-state index contributed by atoms with van der Waals surface area (Å²) in [6.45, 7) is 3.31. The van der Waals surface area contributed by atoms with Crippen molar-refractivity contribution in [3.63, 3.8) is 0 Å². The summed E-state index contributed by atoms with van der Waals surface area (Å²) in [6, 6.07) is 11.7. The highest BCUT2D eigenvalue weighted by Gasteiger charge is 2.20. The zero-order valence-electron chi connectivity index (χ0n) is 13.6. The molecule has 0 aromatic heterocycles. The van der Waals surface area contributed by atoms with Gasteiger partial charge in [0.15, 0.2) is 6.10 Å². The molecule has 2 aromatic carbocycles. The molecular weight excluding hydrogens is 330 g/mol. The third-order valence-corrected chi connectivity index (χ3v) is 3.91. The van der Waals surface area contributed by atoms with Gasteiger partial charge in [0.05, 0.1) is 12.7 Å². The fraction of sp³-hybridized carbons (Fsp3) is 0.222. The van der Waals surface area contributed by atoms with Crippen LogP contribution in [-0.2, 0) is 9.53 Å². The Bertz CT molecular complexity index is 743. The Hall–Kier alpha value is -2.53. The van der Waals surface area contributed by atoms with Crippen LogP contribution in [0, 0.1) is 6.92 Å². The quantitative estimate of drug-likeness (QED) is 0.834. The van der Waals surface area contributed by atoms with Crippen molar-refractivity contribution < 1.29 is 19.1 Å². The van der Waals surface area contributed by atoms with Gasteiger partial charge < -0.3 is 14.8 Å². The minimum absolute atomic E-state index is 0.342. The van der Waals surface area contributed by atoms with Crippen LogP contribution in [0.1, 0.15) is 22.8 Å². The lowest BCUT2D eigenvalue weighted by molar-refractivity contribution is -0.123. The number of ether oxygens (including phenoxy) is 2. The number of methoxy groups -OCH3 is 1. The molecular formula is C18H18ClNO4. The molecule has 1 atom stereocenters. The van der Waals surface area contributed by atoms with Gasteiger partial charge in [-0.3, -0.25) is 4.79 Å². The third kappa shape index (κ3) is 4.26. The van der Waals surface area contributed by atoms with Gasteiger partial charge in [-0.1, -0.05) is 17.7 Å². The lowest BCUT2D eigenvalue weighted by atomic mass is 10.2. The van der Waals surface area contributed by atoms with E-state index in [2.05, 4.69) is 5.32 Å². The van der Waals surface area contributed by atoms with Crippen LogP contribution in [0.4, 0.5) is 5.69 Å². The number of amides is 1. The first-order valence-corrected chi connectivity index (χ1v) is 7.71. The average Bonchev–Trinajstić information content (AvgIpc) is 2.58. The number of benzene rings is 2. The summed E-state index contributed by atoms with van der Waals surface area (Å²) in [7, 11) is 1.54. The van der Waals surface area contributed by atoms with Crippen LogP contribution in [0.15, 0.2) is 42.5 Å². The van der Waals surface area contributed by atoms with Crippen LogP contribution in [0.2, 0.25) is 5.02 Å². The monoisotopic (exact) mass is 347 g/mol. The highest BCUT2D eigenvalue weighted by Crippen LogP contribution is 2.23. The number of hydrogen-bond acceptors (Lipinski definition) is 4. The van der Waals surface area contributed by atoms with E-state index in [1.165, 1.54) is 14.0 Å². The maximum atomic E-state index is 12.2. The van der Waals surface area contributed by atoms with Crippen molar-refractivity contribution >= 4 is 29.2 Å². The molecule has 1 N–H and O–H groups in total. The fourth-order valence-corrected chi connectivity index (χ4v) is 2.16. The normalized spacial score (nSPS) is 11.5. The lowest BCUT2D eigenvalue weighted by Gasteiger charge is -2.15. The largest absolute Gasteiger partial charge is 0.497 e. The first kappa shape index (κ1) is 17.8. The van der Waals surface area contributed by atoms with Gasteiger partial charge in [0.2, 0.25) is 0 Å². The molecule has 0 fully saturated rings. The zero-order chi connectivity index (χ0) is 17.7. The minimum Gasteiger partial charge on any atom is -0.497 e. The molecule has 24 heavy (non-hydrogen) atoms. The first-order valence-electron chi connectivity index (χ1n) is 7.33. The molecule has 2 rings (SSSR count). The number of hydrogen-bond donors (Lipinski definition) is 1. The molecule has 5 nitrogen and oxygen atoms in total. The van der Waals surface area contributed by atoms with Crippen molar-refractivity contribution in [1.82, 2.24) is 0 Å². The van der Waals surface area contributed by atoms with Crippen LogP contribution in [0.3, 0.4) is 0 Å². The number of carbonyl (C=O) groups excluding carboxylic acids is 2. The molecule has 0 heterocycles. The highest BCUT2D eigenvalue weighted by atomic mass is 35.5. The molecule has 2 aromatic rings. The van der Waals surface area contributed by atoms with E-state index in [4.69, 9.17) is 21.1 Å². The number of halogens is 1. The molecule has 1 amide bonds. The van der Waals surface area contributed by atoms with Gasteiger partial charge >= 0.3 is 5.97 Å². The van der Waals surface area contributed by atoms with Crippen molar-refractivity contribution in [2.45, 2.75) is 20.0 Å². The van der Waals surface area contributed by atoms with E-state index >= 15 is 0 Å². The molecule has 0 spiro atoms. The second kappa shape index (κ2) is 7.84. The van der Waals surface area contributed by atoms with E-state index in [9.17, 15) is 9.59 Å². The van der Waals surface area contributed by atoms with E-state index in [0.29, 0.717) is 22.0 Å². The highest BCUT2D eigenvalue weighted by molar-refractivity contribution is 6.31. The number of nitrogens with one attached hydrogen (secondary N) is 1. The van der Waals surface area contributed by atoms with Gasteiger partial charge in [-0.05, 0) is 55.8 Å². The summed E-state index contributed by atoms with van der Waals surface area (Å²) in [6.07, 6.45) is -0.946. The molecule has 1 unspecified atom stereocenters. The number of carbonyl (C=O) groups is 2. The third-order valence-electron chi connectivity index (χ3n) is 3.50. The van der Waals surface area contributed by atoms with E-state index in [-0.39, 0.29) is 0 Å². The molecule has 0 bridgehead atoms. The van der Waals surface area contributed by atoms with E-state index in [1.54, 1.807) is 49.4 Å². The Morgan fingerprint density at radius 3 is 2.42 bits per heavy atom. The van der Waals surface area contributed by atoms with Gasteiger partial charge in [-0.25, -0.2) is 4.79 Å². The summed E-state index contributed by atoms with van der Waals surface area (Å²) in [4.78, 5) is 24.3. The number of rotatable bonds is 5. The van der Waals surface area contributed by atoms with Crippen molar-refractivity contribution in [3.05, 3.63) is 58.6 Å². The summed E-state index contributed by atoms with van der Waals surface area (Å²) < 4.78 is 10.2. The van der Waals surface area contributed by atoms with Crippen molar-refractivity contribution in [2.24, 2.45) is 0 Å². The molecule has 6 heteroatoms. The summed E-state index contributed by atoms with van der Waals surface area (Å²) >= 11 is 6.02. The van der Waals surface area contributed by atoms with Crippen LogP contribution in [-0.4, -0.2) is 25.1 Å². The van der Waals surface area contributed by atoms with Gasteiger partial charge in [0.25, 0.3) is 5.91 Å². The van der Waals surface area contributed by atoms with E-state index in [1.807, 2.05) is 0 Å². The van der Waals surface area contributed by atoms with Gasteiger partial charge in [-0.2, -0.15) is 0 Å². The van der Waals surface area contributed by atoms with Crippen molar-refractivity contribution in [2.75, 3.05) is 12.4 Å². The first-order chi connectivity index (χ1) is 11.4. The van der Waals surface area contributed by atoms with Crippen LogP contribution < -0.4 is 10.1 Å². The number of esters is 1. The Kier molecular flexibility index (Phi) is 5.82. The standard InChI is InChI=1S/C18H18ClNO4/c1-11-15(19)5-4-6-16(11)20-17(21)12(2)24-18(22)13-7-9-14(23-3)10-8-13/h4-10,12H,1-3H3,(H,20,21). The van der Waals surface area contributed by atoms with Crippen molar-refractivity contribution in [3.8, 4) is 5.75 Å². The summed E-state index contributed by atoms with van der Waals surface area (Å²) in [5, 5.41) is 3.26. The van der Waals surface area contributed by atoms with E-state index < -0.39 is 18.0 Å². The smallest absolute Gasteiger partial charge is 0.338 e. The Morgan fingerprint density at radius 2 is 1.79 bits per heavy atom. The summed E-state index contributed by atoms with van der Waals surface area (Å²) in [5.41, 5.74) is 1.68. The van der Waals surface area contributed by atoms with E-state index in [0.717, 1.165) is 5.56 Å². The SMILES string of the molecule is COc1ccc(C(=O)OC(C)C(=O)Nc2cccc(Cl)c2C)cc1. The molecule has 0 aliphatic rings. The van der Waals surface area contributed by atoms with Crippen LogP contribution >= 0.6 is 11.6 Å². The minimum atomic E-state index is -0.946. The molecule has 0 radical (unpaired) electrons. The zero-order valence-corrected chi connectivity index (χ0v) is 14.4.